The number of nitriles is 1. The molecule has 0 aliphatic carbocycles. The minimum absolute atomic E-state index is 0.266. The van der Waals surface area contributed by atoms with Crippen molar-refractivity contribution in [2.24, 2.45) is 0 Å². The zero-order valence-electron chi connectivity index (χ0n) is 7.99. The Kier molecular flexibility index (Phi) is 3.48. The second kappa shape index (κ2) is 4.63. The van der Waals surface area contributed by atoms with Crippen LogP contribution in [-0.4, -0.2) is 11.1 Å². The summed E-state index contributed by atoms with van der Waals surface area (Å²) in [6, 6.07) is 8.38. The van der Waals surface area contributed by atoms with E-state index >= 15 is 0 Å². The molecule has 0 aromatic heterocycles. The van der Waals surface area contributed by atoms with Crippen molar-refractivity contribution >= 4 is 23.1 Å². The summed E-state index contributed by atoms with van der Waals surface area (Å²) in [5.74, 6) is -1.23. The highest BCUT2D eigenvalue weighted by Crippen LogP contribution is 2.21. The number of benzene rings is 1. The predicted octanol–water partition coefficient (Wildman–Crippen LogP) is 2.72. The number of rotatable bonds is 2. The molecule has 76 valence electrons. The van der Waals surface area contributed by atoms with Crippen LogP contribution in [-0.2, 0) is 4.79 Å². The van der Waals surface area contributed by atoms with Crippen molar-refractivity contribution in [1.29, 1.82) is 5.26 Å². The van der Waals surface area contributed by atoms with Crippen molar-refractivity contribution in [3.63, 3.8) is 0 Å². The number of carboxylic acids is 1. The molecule has 0 heterocycles. The lowest BCUT2D eigenvalue weighted by atomic mass is 10.0. The van der Waals surface area contributed by atoms with Gasteiger partial charge < -0.3 is 5.11 Å². The van der Waals surface area contributed by atoms with Crippen LogP contribution in [0.4, 0.5) is 0 Å². The summed E-state index contributed by atoms with van der Waals surface area (Å²) in [6.07, 6.45) is 0. The Bertz CT molecular complexity index is 472. The first-order valence-corrected chi connectivity index (χ1v) is 4.54. The first kappa shape index (κ1) is 11.3. The van der Waals surface area contributed by atoms with Crippen LogP contribution < -0.4 is 0 Å². The fourth-order valence-electron chi connectivity index (χ4n) is 1.16. The molecule has 0 spiro atoms. The summed E-state index contributed by atoms with van der Waals surface area (Å²) in [7, 11) is 0. The number of hydrogen-bond acceptors (Lipinski definition) is 2. The zero-order chi connectivity index (χ0) is 11.4. The van der Waals surface area contributed by atoms with Gasteiger partial charge in [0.25, 0.3) is 0 Å². The lowest BCUT2D eigenvalue weighted by Gasteiger charge is -2.02. The summed E-state index contributed by atoms with van der Waals surface area (Å²) in [6.45, 7) is 1.58. The van der Waals surface area contributed by atoms with E-state index in [-0.39, 0.29) is 5.57 Å². The third kappa shape index (κ3) is 2.58. The predicted molar refractivity (Wildman–Crippen MR) is 57.3 cm³/mol. The van der Waals surface area contributed by atoms with E-state index in [1.807, 2.05) is 0 Å². The van der Waals surface area contributed by atoms with E-state index in [0.29, 0.717) is 16.2 Å². The van der Waals surface area contributed by atoms with Crippen LogP contribution in [0.3, 0.4) is 0 Å². The van der Waals surface area contributed by atoms with Crippen LogP contribution in [0, 0.1) is 11.3 Å². The third-order valence-corrected chi connectivity index (χ3v) is 2.19. The number of carboxylic acid groups (broad SMARTS) is 1. The molecule has 0 amide bonds. The lowest BCUT2D eigenvalue weighted by molar-refractivity contribution is -0.132. The minimum Gasteiger partial charge on any atom is -0.477 e. The normalized spacial score (nSPS) is 11.5. The molecular weight excluding hydrogens is 214 g/mol. The van der Waals surface area contributed by atoms with Gasteiger partial charge in [-0.05, 0) is 30.2 Å². The smallest absolute Gasteiger partial charge is 0.346 e. The van der Waals surface area contributed by atoms with Crippen LogP contribution in [0.1, 0.15) is 12.5 Å². The molecule has 0 fully saturated rings. The van der Waals surface area contributed by atoms with Gasteiger partial charge in [0.1, 0.15) is 11.6 Å². The van der Waals surface area contributed by atoms with Crippen molar-refractivity contribution in [3.8, 4) is 6.07 Å². The molecule has 0 unspecified atom stereocenters. The van der Waals surface area contributed by atoms with Crippen molar-refractivity contribution in [2.75, 3.05) is 0 Å². The Morgan fingerprint density at radius 3 is 2.67 bits per heavy atom. The van der Waals surface area contributed by atoms with E-state index in [2.05, 4.69) is 0 Å². The van der Waals surface area contributed by atoms with Gasteiger partial charge in [-0.1, -0.05) is 23.7 Å². The molecule has 1 N–H and O–H groups in total. The van der Waals surface area contributed by atoms with Crippen LogP contribution in [0.2, 0.25) is 5.02 Å². The summed E-state index contributed by atoms with van der Waals surface area (Å²) < 4.78 is 0. The lowest BCUT2D eigenvalue weighted by Crippen LogP contribution is -2.00. The van der Waals surface area contributed by atoms with Gasteiger partial charge in [0, 0.05) is 5.02 Å². The van der Waals surface area contributed by atoms with E-state index in [4.69, 9.17) is 22.0 Å². The molecule has 0 bridgehead atoms. The fraction of sp³-hybridized carbons (Fsp3) is 0.0909. The van der Waals surface area contributed by atoms with E-state index < -0.39 is 5.97 Å². The first-order valence-electron chi connectivity index (χ1n) is 4.16. The third-order valence-electron chi connectivity index (χ3n) is 1.96. The molecule has 0 atom stereocenters. The van der Waals surface area contributed by atoms with Crippen molar-refractivity contribution < 1.29 is 9.90 Å². The van der Waals surface area contributed by atoms with Crippen LogP contribution in [0.15, 0.2) is 29.8 Å². The number of aliphatic carboxylic acids is 1. The average Bonchev–Trinajstić information content (AvgIpc) is 2.18. The van der Waals surface area contributed by atoms with Crippen LogP contribution in [0.25, 0.3) is 5.57 Å². The van der Waals surface area contributed by atoms with Crippen molar-refractivity contribution in [3.05, 3.63) is 40.4 Å². The molecule has 3 nitrogen and oxygen atoms in total. The molecule has 1 rings (SSSR count). The second-order valence-electron chi connectivity index (χ2n) is 2.93. The van der Waals surface area contributed by atoms with Gasteiger partial charge in [-0.15, -0.1) is 0 Å². The molecule has 0 aliphatic rings. The maximum absolute atomic E-state index is 10.7. The Morgan fingerprint density at radius 1 is 1.53 bits per heavy atom. The zero-order valence-corrected chi connectivity index (χ0v) is 8.75. The molecule has 0 radical (unpaired) electrons. The molecule has 0 saturated carbocycles. The van der Waals surface area contributed by atoms with Crippen molar-refractivity contribution in [2.45, 2.75) is 6.92 Å². The topological polar surface area (TPSA) is 61.1 Å². The standard InChI is InChI=1S/C11H8ClNO2/c1-7(10(6-13)11(14)15)8-3-2-4-9(12)5-8/h2-5H,1H3,(H,14,15)/b10-7-. The number of halogens is 1. The number of carbonyl (C=O) groups is 1. The van der Waals surface area contributed by atoms with Crippen LogP contribution in [0.5, 0.6) is 0 Å². The Labute approximate surface area is 92.2 Å². The van der Waals surface area contributed by atoms with E-state index in [9.17, 15) is 4.79 Å². The Balaban J connectivity index is 3.30. The molecule has 1 aromatic rings. The molecule has 0 aliphatic heterocycles. The maximum atomic E-state index is 10.7. The molecular formula is C11H8ClNO2. The minimum atomic E-state index is -1.23. The van der Waals surface area contributed by atoms with Gasteiger partial charge >= 0.3 is 5.97 Å². The second-order valence-corrected chi connectivity index (χ2v) is 3.36. The monoisotopic (exact) mass is 221 g/mol. The van der Waals surface area contributed by atoms with Crippen molar-refractivity contribution in [1.82, 2.24) is 0 Å². The summed E-state index contributed by atoms with van der Waals surface area (Å²) >= 11 is 5.76. The largest absolute Gasteiger partial charge is 0.477 e. The summed E-state index contributed by atoms with van der Waals surface area (Å²) in [5.41, 5.74) is 0.784. The quantitative estimate of drug-likeness (QED) is 0.617. The van der Waals surface area contributed by atoms with Gasteiger partial charge in [0.05, 0.1) is 0 Å². The first-order chi connectivity index (χ1) is 7.06. The Morgan fingerprint density at radius 2 is 2.20 bits per heavy atom. The van der Waals surface area contributed by atoms with E-state index in [0.717, 1.165) is 0 Å². The number of nitrogens with zero attached hydrogens (tertiary/aromatic N) is 1. The van der Waals surface area contributed by atoms with Crippen LogP contribution >= 0.6 is 11.6 Å². The van der Waals surface area contributed by atoms with E-state index in [1.165, 1.54) is 0 Å². The summed E-state index contributed by atoms with van der Waals surface area (Å²) in [4.78, 5) is 10.7. The highest BCUT2D eigenvalue weighted by atomic mass is 35.5. The average molecular weight is 222 g/mol. The fourth-order valence-corrected chi connectivity index (χ4v) is 1.35. The number of allylic oxidation sites excluding steroid dienone is 1. The van der Waals surface area contributed by atoms with E-state index in [1.54, 1.807) is 37.3 Å². The summed E-state index contributed by atoms with van der Waals surface area (Å²) in [5, 5.41) is 17.9. The van der Waals surface area contributed by atoms with Gasteiger partial charge in [0.2, 0.25) is 0 Å². The maximum Gasteiger partial charge on any atom is 0.346 e. The van der Waals surface area contributed by atoms with Gasteiger partial charge in [-0.25, -0.2) is 4.79 Å². The SMILES string of the molecule is C/C(=C(\C#N)C(=O)O)c1cccc(Cl)c1. The van der Waals surface area contributed by atoms with Gasteiger partial charge in [0.15, 0.2) is 0 Å². The van der Waals surface area contributed by atoms with Gasteiger partial charge in [-0.3, -0.25) is 0 Å². The van der Waals surface area contributed by atoms with Gasteiger partial charge in [-0.2, -0.15) is 5.26 Å². The highest BCUT2D eigenvalue weighted by molar-refractivity contribution is 6.30. The molecule has 15 heavy (non-hydrogen) atoms. The Hall–Kier alpha value is -1.79. The molecule has 0 saturated heterocycles. The molecule has 4 heteroatoms. The molecule has 1 aromatic carbocycles. The number of hydrogen-bond donors (Lipinski definition) is 1. The highest BCUT2D eigenvalue weighted by Gasteiger charge is 2.11.